The first-order valence-electron chi connectivity index (χ1n) is 10.0. The SMILES string of the molecule is c1ccc(COc2ccc(CN3CCN(CCn4ccnc4)CC3)cc2)cc1. The lowest BCUT2D eigenvalue weighted by Gasteiger charge is -2.34. The van der Waals surface area contributed by atoms with Crippen LogP contribution in [0.15, 0.2) is 73.3 Å². The number of nitrogens with zero attached hydrogens (tertiary/aromatic N) is 4. The molecule has 4 rings (SSSR count). The third-order valence-electron chi connectivity index (χ3n) is 5.28. The molecule has 0 bridgehead atoms. The predicted molar refractivity (Wildman–Crippen MR) is 111 cm³/mol. The molecule has 2 aromatic carbocycles. The highest BCUT2D eigenvalue weighted by Crippen LogP contribution is 2.16. The molecule has 0 N–H and O–H groups in total. The van der Waals surface area contributed by atoms with Crippen molar-refractivity contribution in [2.45, 2.75) is 19.7 Å². The van der Waals surface area contributed by atoms with Crippen LogP contribution in [0, 0.1) is 0 Å². The Morgan fingerprint density at radius 2 is 1.54 bits per heavy atom. The van der Waals surface area contributed by atoms with Gasteiger partial charge in [0.05, 0.1) is 6.33 Å². The smallest absolute Gasteiger partial charge is 0.119 e. The zero-order valence-corrected chi connectivity index (χ0v) is 16.3. The minimum Gasteiger partial charge on any atom is -0.489 e. The molecule has 2 heterocycles. The summed E-state index contributed by atoms with van der Waals surface area (Å²) in [5, 5.41) is 0. The van der Waals surface area contributed by atoms with Gasteiger partial charge in [-0.15, -0.1) is 0 Å². The van der Waals surface area contributed by atoms with E-state index in [1.54, 1.807) is 0 Å². The van der Waals surface area contributed by atoms with Crippen LogP contribution >= 0.6 is 0 Å². The quantitative estimate of drug-likeness (QED) is 0.604. The largest absolute Gasteiger partial charge is 0.489 e. The molecule has 1 fully saturated rings. The molecule has 0 radical (unpaired) electrons. The van der Waals surface area contributed by atoms with Gasteiger partial charge in [-0.2, -0.15) is 0 Å². The van der Waals surface area contributed by atoms with Crippen LogP contribution in [0.5, 0.6) is 5.75 Å². The van der Waals surface area contributed by atoms with E-state index in [0.717, 1.165) is 51.6 Å². The highest BCUT2D eigenvalue weighted by Gasteiger charge is 2.16. The second-order valence-electron chi connectivity index (χ2n) is 7.34. The highest BCUT2D eigenvalue weighted by molar-refractivity contribution is 5.27. The molecule has 5 nitrogen and oxygen atoms in total. The maximum atomic E-state index is 5.88. The van der Waals surface area contributed by atoms with Gasteiger partial charge in [0.2, 0.25) is 0 Å². The van der Waals surface area contributed by atoms with Gasteiger partial charge in [0.1, 0.15) is 12.4 Å². The van der Waals surface area contributed by atoms with E-state index >= 15 is 0 Å². The van der Waals surface area contributed by atoms with E-state index in [1.807, 2.05) is 36.9 Å². The lowest BCUT2D eigenvalue weighted by atomic mass is 10.2. The van der Waals surface area contributed by atoms with E-state index < -0.39 is 0 Å². The number of aromatic nitrogens is 2. The number of ether oxygens (including phenoxy) is 1. The molecule has 0 amide bonds. The monoisotopic (exact) mass is 376 g/mol. The Bertz CT molecular complexity index is 810. The molecule has 3 aromatic rings. The van der Waals surface area contributed by atoms with Crippen molar-refractivity contribution >= 4 is 0 Å². The van der Waals surface area contributed by atoms with Gasteiger partial charge in [-0.3, -0.25) is 9.80 Å². The summed E-state index contributed by atoms with van der Waals surface area (Å²) < 4.78 is 8.03. The molecule has 1 aromatic heterocycles. The summed E-state index contributed by atoms with van der Waals surface area (Å²) in [6.45, 7) is 8.24. The second kappa shape index (κ2) is 9.53. The van der Waals surface area contributed by atoms with Crippen LogP contribution in [0.25, 0.3) is 0 Å². The summed E-state index contributed by atoms with van der Waals surface area (Å²) >= 11 is 0. The van der Waals surface area contributed by atoms with Crippen LogP contribution < -0.4 is 4.74 Å². The molecule has 0 spiro atoms. The molecule has 1 aliphatic heterocycles. The van der Waals surface area contributed by atoms with Crippen LogP contribution in [-0.4, -0.2) is 52.1 Å². The molecular weight excluding hydrogens is 348 g/mol. The van der Waals surface area contributed by atoms with Crippen molar-refractivity contribution in [1.29, 1.82) is 0 Å². The van der Waals surface area contributed by atoms with Crippen molar-refractivity contribution in [1.82, 2.24) is 19.4 Å². The summed E-state index contributed by atoms with van der Waals surface area (Å²) in [6.07, 6.45) is 5.77. The Balaban J connectivity index is 1.18. The number of benzene rings is 2. The van der Waals surface area contributed by atoms with Crippen molar-refractivity contribution in [2.75, 3.05) is 32.7 Å². The van der Waals surface area contributed by atoms with Crippen LogP contribution in [-0.2, 0) is 19.7 Å². The molecule has 0 unspecified atom stereocenters. The summed E-state index contributed by atoms with van der Waals surface area (Å²) in [5.41, 5.74) is 2.54. The summed E-state index contributed by atoms with van der Waals surface area (Å²) in [5.74, 6) is 0.928. The van der Waals surface area contributed by atoms with Crippen molar-refractivity contribution in [3.05, 3.63) is 84.4 Å². The number of hydrogen-bond donors (Lipinski definition) is 0. The van der Waals surface area contributed by atoms with Gasteiger partial charge in [-0.1, -0.05) is 42.5 Å². The van der Waals surface area contributed by atoms with Gasteiger partial charge in [0.15, 0.2) is 0 Å². The first-order valence-corrected chi connectivity index (χ1v) is 10.0. The Morgan fingerprint density at radius 3 is 2.25 bits per heavy atom. The summed E-state index contributed by atoms with van der Waals surface area (Å²) in [6, 6.07) is 18.8. The van der Waals surface area contributed by atoms with Crippen molar-refractivity contribution in [3.63, 3.8) is 0 Å². The zero-order chi connectivity index (χ0) is 19.0. The van der Waals surface area contributed by atoms with Crippen LogP contribution in [0.4, 0.5) is 0 Å². The molecule has 0 aliphatic carbocycles. The molecule has 0 atom stereocenters. The van der Waals surface area contributed by atoms with Gasteiger partial charge in [-0.25, -0.2) is 4.98 Å². The normalized spacial score (nSPS) is 15.6. The number of hydrogen-bond acceptors (Lipinski definition) is 4. The molecule has 146 valence electrons. The van der Waals surface area contributed by atoms with E-state index in [2.05, 4.69) is 55.7 Å². The van der Waals surface area contributed by atoms with E-state index in [4.69, 9.17) is 4.74 Å². The maximum Gasteiger partial charge on any atom is 0.119 e. The van der Waals surface area contributed by atoms with Gasteiger partial charge in [-0.05, 0) is 23.3 Å². The van der Waals surface area contributed by atoms with Gasteiger partial charge < -0.3 is 9.30 Å². The fraction of sp³-hybridized carbons (Fsp3) is 0.348. The van der Waals surface area contributed by atoms with E-state index in [1.165, 1.54) is 11.1 Å². The van der Waals surface area contributed by atoms with E-state index in [-0.39, 0.29) is 0 Å². The third kappa shape index (κ3) is 5.44. The Morgan fingerprint density at radius 1 is 0.786 bits per heavy atom. The standard InChI is InChI=1S/C23H28N4O/c1-2-4-22(5-3-1)19-28-23-8-6-21(7-9-23)18-26-15-12-25(13-16-26)14-17-27-11-10-24-20-27/h1-11,20H,12-19H2. The highest BCUT2D eigenvalue weighted by atomic mass is 16.5. The zero-order valence-electron chi connectivity index (χ0n) is 16.3. The Labute approximate surface area is 167 Å². The predicted octanol–water partition coefficient (Wildman–Crippen LogP) is 3.28. The lowest BCUT2D eigenvalue weighted by molar-refractivity contribution is 0.124. The molecule has 1 saturated heterocycles. The van der Waals surface area contributed by atoms with Crippen molar-refractivity contribution in [3.8, 4) is 5.75 Å². The fourth-order valence-electron chi connectivity index (χ4n) is 3.54. The Hall–Kier alpha value is -2.63. The van der Waals surface area contributed by atoms with Crippen molar-refractivity contribution in [2.24, 2.45) is 0 Å². The van der Waals surface area contributed by atoms with Crippen LogP contribution in [0.1, 0.15) is 11.1 Å². The van der Waals surface area contributed by atoms with Gasteiger partial charge >= 0.3 is 0 Å². The topological polar surface area (TPSA) is 33.5 Å². The summed E-state index contributed by atoms with van der Waals surface area (Å²) in [7, 11) is 0. The van der Waals surface area contributed by atoms with Gasteiger partial charge in [0.25, 0.3) is 0 Å². The van der Waals surface area contributed by atoms with E-state index in [9.17, 15) is 0 Å². The third-order valence-corrected chi connectivity index (χ3v) is 5.28. The van der Waals surface area contributed by atoms with Crippen LogP contribution in [0.3, 0.4) is 0 Å². The minimum atomic E-state index is 0.612. The Kier molecular flexibility index (Phi) is 6.37. The lowest BCUT2D eigenvalue weighted by Crippen LogP contribution is -2.46. The molecule has 28 heavy (non-hydrogen) atoms. The molecule has 0 saturated carbocycles. The first kappa shape index (κ1) is 18.7. The first-order chi connectivity index (χ1) is 13.8. The van der Waals surface area contributed by atoms with Crippen LogP contribution in [0.2, 0.25) is 0 Å². The number of imidazole rings is 1. The average Bonchev–Trinajstić information content (AvgIpc) is 3.27. The fourth-order valence-corrected chi connectivity index (χ4v) is 3.54. The van der Waals surface area contributed by atoms with Gasteiger partial charge in [0, 0.05) is 58.2 Å². The number of rotatable bonds is 8. The molecule has 5 heteroatoms. The number of piperazine rings is 1. The average molecular weight is 377 g/mol. The second-order valence-corrected chi connectivity index (χ2v) is 7.34. The maximum absolute atomic E-state index is 5.88. The van der Waals surface area contributed by atoms with E-state index in [0.29, 0.717) is 6.61 Å². The van der Waals surface area contributed by atoms with Crippen molar-refractivity contribution < 1.29 is 4.74 Å². The minimum absolute atomic E-state index is 0.612. The molecular formula is C23H28N4O. The summed E-state index contributed by atoms with van der Waals surface area (Å²) in [4.78, 5) is 9.18. The molecule has 1 aliphatic rings.